The molecule has 0 saturated heterocycles. The van der Waals surface area contributed by atoms with Crippen molar-refractivity contribution in [3.05, 3.63) is 121 Å². The van der Waals surface area contributed by atoms with Crippen LogP contribution in [-0.2, 0) is 67.4 Å². The van der Waals surface area contributed by atoms with Gasteiger partial charge in [-0.1, -0.05) is 34.7 Å². The maximum Gasteiger partial charge on any atom is 5.00 e. The number of hydrogen-bond acceptors (Lipinski definition) is 10. The second kappa shape index (κ2) is 55.5. The fourth-order valence-electron chi connectivity index (χ4n) is 3.33. The Morgan fingerprint density at radius 2 is 0.667 bits per heavy atom. The molecule has 0 bridgehead atoms. The Morgan fingerprint density at radius 1 is 0.417 bits per heavy atom. The molecule has 6 aromatic rings. The second-order valence-electron chi connectivity index (χ2n) is 9.49. The van der Waals surface area contributed by atoms with E-state index in [2.05, 4.69) is 40.6 Å². The van der Waals surface area contributed by atoms with Crippen LogP contribution in [0.5, 0.6) is 0 Å². The zero-order chi connectivity index (χ0) is 31.6. The molecule has 6 rings (SSSR count). The maximum atomic E-state index is 9.44. The second-order valence-corrected chi connectivity index (χ2v) is 9.49. The SMILES string of the molecule is CC(C)=O.CC(C)=O.[Ag+].[Ag+].[F-].[F-].[F-].[F-].[F-].[F-].[F-].[F-].[F-].[F-].[F-].[F-].[Sb+5].[Sb+5].c1ccc(Cn2cc(-c3ccccn3)nn2)nc1.c1ccc(Cn2cc(-c3ccccn3)nn2)nc1. The molecule has 60 heavy (non-hydrogen) atoms. The molecule has 340 valence electrons. The van der Waals surface area contributed by atoms with Crippen LogP contribution in [0.25, 0.3) is 22.8 Å². The summed E-state index contributed by atoms with van der Waals surface area (Å²) in [5.41, 5.74) is 5.09. The van der Waals surface area contributed by atoms with Crippen LogP contribution in [0.15, 0.2) is 110 Å². The van der Waals surface area contributed by atoms with Crippen LogP contribution in [0.4, 0.5) is 0 Å². The Balaban J connectivity index is -0.0000000406. The summed E-state index contributed by atoms with van der Waals surface area (Å²) < 4.78 is 3.51. The summed E-state index contributed by atoms with van der Waals surface area (Å²) in [7, 11) is 0. The van der Waals surface area contributed by atoms with Crippen molar-refractivity contribution in [2.45, 2.75) is 40.8 Å². The molecular formula is C32H34Ag2F12N10O2Sb2. The van der Waals surface area contributed by atoms with Gasteiger partial charge in [-0.25, -0.2) is 9.36 Å². The fraction of sp³-hybridized carbons (Fsp3) is 0.188. The van der Waals surface area contributed by atoms with Crippen molar-refractivity contribution in [2.24, 2.45) is 0 Å². The van der Waals surface area contributed by atoms with Gasteiger partial charge in [0.2, 0.25) is 0 Å². The number of Topliss-reactive ketones (excluding diaryl/α,β-unsaturated/α-hetero) is 2. The van der Waals surface area contributed by atoms with Crippen molar-refractivity contribution in [1.82, 2.24) is 49.9 Å². The molecule has 0 aliphatic carbocycles. The Bertz CT molecular complexity index is 1610. The summed E-state index contributed by atoms with van der Waals surface area (Å²) in [6.45, 7) is 7.33. The molecule has 0 spiro atoms. The van der Waals surface area contributed by atoms with Gasteiger partial charge in [-0.05, 0) is 76.2 Å². The fourth-order valence-corrected chi connectivity index (χ4v) is 3.33. The first-order chi connectivity index (χ1) is 21.3. The van der Waals surface area contributed by atoms with Crippen molar-refractivity contribution < 1.29 is 111 Å². The van der Waals surface area contributed by atoms with Crippen LogP contribution in [0.2, 0.25) is 0 Å². The number of nitrogens with zero attached hydrogens (tertiary/aromatic N) is 10. The summed E-state index contributed by atoms with van der Waals surface area (Å²) in [4.78, 5) is 35.9. The van der Waals surface area contributed by atoms with Gasteiger partial charge in [-0.3, -0.25) is 19.9 Å². The van der Waals surface area contributed by atoms with Crippen molar-refractivity contribution >= 4 is 60.4 Å². The van der Waals surface area contributed by atoms with Crippen LogP contribution in [-0.4, -0.2) is 110 Å². The number of aromatic nitrogens is 10. The molecule has 0 radical (unpaired) electrons. The molecule has 28 heteroatoms. The van der Waals surface area contributed by atoms with Gasteiger partial charge in [0.25, 0.3) is 0 Å². The largest absolute Gasteiger partial charge is 5.00 e. The van der Waals surface area contributed by atoms with Gasteiger partial charge in [0, 0.05) is 24.8 Å². The molecule has 0 aliphatic heterocycles. The topological polar surface area (TPSA) is 147 Å². The molecule has 0 aromatic carbocycles. The summed E-state index contributed by atoms with van der Waals surface area (Å²) in [6.07, 6.45) is 10.8. The van der Waals surface area contributed by atoms with Gasteiger partial charge in [0.05, 0.1) is 48.3 Å². The average Bonchev–Trinajstić information content (AvgIpc) is 3.69. The van der Waals surface area contributed by atoms with Crippen molar-refractivity contribution in [3.8, 4) is 22.8 Å². The number of carbonyl (C=O) groups excluding carboxylic acids is 2. The van der Waals surface area contributed by atoms with Crippen molar-refractivity contribution in [2.75, 3.05) is 0 Å². The zero-order valence-electron chi connectivity index (χ0n) is 31.1. The number of halogens is 12. The van der Waals surface area contributed by atoms with Crippen LogP contribution >= 0.6 is 0 Å². The van der Waals surface area contributed by atoms with Crippen LogP contribution < -0.4 is 56.5 Å². The third-order valence-electron chi connectivity index (χ3n) is 5.03. The predicted octanol–water partition coefficient (Wildman–Crippen LogP) is -32.0. The van der Waals surface area contributed by atoms with Gasteiger partial charge in [-0.15, -0.1) is 10.2 Å². The van der Waals surface area contributed by atoms with E-state index in [1.165, 1.54) is 27.7 Å². The van der Waals surface area contributed by atoms with Gasteiger partial charge < -0.3 is 66.0 Å². The van der Waals surface area contributed by atoms with E-state index < -0.39 is 0 Å². The van der Waals surface area contributed by atoms with Gasteiger partial charge in [-0.2, -0.15) is 0 Å². The van der Waals surface area contributed by atoms with E-state index in [1.54, 1.807) is 34.2 Å². The number of carbonyl (C=O) groups is 2. The molecule has 0 aliphatic rings. The number of hydrogen-bond donors (Lipinski definition) is 0. The molecule has 0 amide bonds. The number of rotatable bonds is 6. The van der Waals surface area contributed by atoms with E-state index in [1.807, 2.05) is 85.2 Å². The van der Waals surface area contributed by atoms with Gasteiger partial charge in [0.15, 0.2) is 0 Å². The summed E-state index contributed by atoms with van der Waals surface area (Å²) in [5.74, 6) is 0.333. The summed E-state index contributed by atoms with van der Waals surface area (Å²) in [6, 6.07) is 23.1. The molecule has 0 atom stereocenters. The zero-order valence-corrected chi connectivity index (χ0v) is 39.2. The van der Waals surface area contributed by atoms with Gasteiger partial charge >= 0.3 is 93.6 Å². The first-order valence-electron chi connectivity index (χ1n) is 13.7. The molecule has 12 nitrogen and oxygen atoms in total. The van der Waals surface area contributed by atoms with Gasteiger partial charge in [0.1, 0.15) is 23.0 Å². The molecule has 0 unspecified atom stereocenters. The number of ketones is 2. The summed E-state index contributed by atoms with van der Waals surface area (Å²) in [5, 5.41) is 16.4. The molecule has 0 N–H and O–H groups in total. The third kappa shape index (κ3) is 39.9. The Hall–Kier alpha value is -3.50. The van der Waals surface area contributed by atoms with Crippen LogP contribution in [0.1, 0.15) is 39.1 Å². The normalized spacial score (nSPS) is 7.13. The van der Waals surface area contributed by atoms with Crippen molar-refractivity contribution in [1.29, 1.82) is 0 Å². The smallest absolute Gasteiger partial charge is 1.00 e. The van der Waals surface area contributed by atoms with Crippen molar-refractivity contribution in [3.63, 3.8) is 0 Å². The third-order valence-corrected chi connectivity index (χ3v) is 5.03. The first kappa shape index (κ1) is 96.3. The minimum absolute atomic E-state index is 0. The van der Waals surface area contributed by atoms with E-state index in [0.717, 1.165) is 34.2 Å². The molecule has 6 heterocycles. The predicted molar refractivity (Wildman–Crippen MR) is 177 cm³/mol. The van der Waals surface area contributed by atoms with E-state index in [-0.39, 0.29) is 162 Å². The molecule has 0 fully saturated rings. The van der Waals surface area contributed by atoms with E-state index in [4.69, 9.17) is 0 Å². The molecule has 0 saturated carbocycles. The average molecular weight is 1280 g/mol. The quantitative estimate of drug-likeness (QED) is 0.117. The Labute approximate surface area is 403 Å². The Kier molecular flexibility index (Phi) is 89.1. The Morgan fingerprint density at radius 3 is 0.883 bits per heavy atom. The van der Waals surface area contributed by atoms with E-state index in [9.17, 15) is 9.59 Å². The van der Waals surface area contributed by atoms with E-state index in [0.29, 0.717) is 13.1 Å². The monoisotopic (exact) mass is 1270 g/mol. The van der Waals surface area contributed by atoms with Crippen LogP contribution in [0.3, 0.4) is 0 Å². The minimum Gasteiger partial charge on any atom is -1.00 e. The van der Waals surface area contributed by atoms with Crippen LogP contribution in [0, 0.1) is 0 Å². The molecular weight excluding hydrogens is 1240 g/mol. The maximum absolute atomic E-state index is 9.44. The molecule has 6 aromatic heterocycles. The minimum atomic E-state index is 0. The van der Waals surface area contributed by atoms with E-state index >= 15 is 0 Å². The standard InChI is InChI=1S/2C13H11N5.2C3H6O.2Ag.12FH.2Sb/c2*1-3-7-14-11(5-1)9-18-10-13(16-17-18)12-6-2-4-8-15-12;2*1-3(2)4;;;;;;;;;;;;;;;;/h2*1-8,10H,9H2;2*1-2H3;;;12*1H;;/q;;;;2*+1;;;;;;;;;;;;;2*+5/p-12. The first-order valence-corrected chi connectivity index (χ1v) is 13.7. The summed E-state index contributed by atoms with van der Waals surface area (Å²) >= 11 is 0. The number of pyridine rings is 4.